The zero-order valence-corrected chi connectivity index (χ0v) is 16.5. The molecule has 152 valence electrons. The summed E-state index contributed by atoms with van der Waals surface area (Å²) in [5.74, 6) is -0.801. The Labute approximate surface area is 165 Å². The third kappa shape index (κ3) is 3.53. The van der Waals surface area contributed by atoms with Gasteiger partial charge in [0.25, 0.3) is 5.91 Å². The van der Waals surface area contributed by atoms with Gasteiger partial charge >= 0.3 is 0 Å². The van der Waals surface area contributed by atoms with Crippen LogP contribution in [0.15, 0.2) is 24.3 Å². The predicted octanol–water partition coefficient (Wildman–Crippen LogP) is 0.684. The van der Waals surface area contributed by atoms with Crippen molar-refractivity contribution in [3.63, 3.8) is 0 Å². The van der Waals surface area contributed by atoms with Gasteiger partial charge in [-0.05, 0) is 43.9 Å². The number of carbonyl (C=O) groups is 2. The van der Waals surface area contributed by atoms with Crippen molar-refractivity contribution in [3.8, 4) is 0 Å². The van der Waals surface area contributed by atoms with E-state index in [1.807, 2.05) is 4.90 Å². The number of ether oxygens (including phenoxy) is 1. The van der Waals surface area contributed by atoms with Crippen LogP contribution in [0.2, 0.25) is 0 Å². The lowest BCUT2D eigenvalue weighted by Crippen LogP contribution is -3.12. The van der Waals surface area contributed by atoms with Crippen LogP contribution in [0.5, 0.6) is 0 Å². The number of benzene rings is 1. The molecule has 2 aliphatic heterocycles. The molecule has 28 heavy (non-hydrogen) atoms. The Hall–Kier alpha value is -1.99. The van der Waals surface area contributed by atoms with Crippen LogP contribution in [0.25, 0.3) is 0 Å². The van der Waals surface area contributed by atoms with Gasteiger partial charge in [0.2, 0.25) is 5.91 Å². The van der Waals surface area contributed by atoms with Gasteiger partial charge in [0.15, 0.2) is 0 Å². The minimum Gasteiger partial charge on any atom is -0.353 e. The van der Waals surface area contributed by atoms with Crippen LogP contribution in [0.3, 0.4) is 0 Å². The second kappa shape index (κ2) is 7.79. The van der Waals surface area contributed by atoms with E-state index in [2.05, 4.69) is 7.05 Å². The summed E-state index contributed by atoms with van der Waals surface area (Å²) in [5, 5.41) is 0. The van der Waals surface area contributed by atoms with Crippen LogP contribution in [-0.4, -0.2) is 73.2 Å². The maximum atomic E-state index is 13.8. The van der Waals surface area contributed by atoms with E-state index in [0.29, 0.717) is 13.1 Å². The normalized spacial score (nSPS) is 25.3. The van der Waals surface area contributed by atoms with E-state index in [0.717, 1.165) is 45.2 Å². The van der Waals surface area contributed by atoms with E-state index in [-0.39, 0.29) is 24.0 Å². The molecule has 2 amide bonds. The summed E-state index contributed by atoms with van der Waals surface area (Å²) in [6, 6.07) is 5.09. The molecule has 0 aromatic heterocycles. The Bertz CT molecular complexity index is 742. The third-order valence-electron chi connectivity index (χ3n) is 6.40. The van der Waals surface area contributed by atoms with E-state index in [1.165, 1.54) is 23.1 Å². The van der Waals surface area contributed by atoms with E-state index in [9.17, 15) is 14.0 Å². The molecular formula is C21H29FN3O3+. The molecule has 7 heteroatoms. The summed E-state index contributed by atoms with van der Waals surface area (Å²) in [5.41, 5.74) is -0.462. The fourth-order valence-corrected chi connectivity index (χ4v) is 4.74. The van der Waals surface area contributed by atoms with Crippen LogP contribution < -0.4 is 4.90 Å². The van der Waals surface area contributed by atoms with Crippen molar-refractivity contribution in [2.45, 2.75) is 43.9 Å². The minimum absolute atomic E-state index is 0.0419. The molecule has 0 unspecified atom stereocenters. The van der Waals surface area contributed by atoms with Gasteiger partial charge in [-0.1, -0.05) is 12.5 Å². The van der Waals surface area contributed by atoms with Crippen LogP contribution in [-0.2, 0) is 9.53 Å². The van der Waals surface area contributed by atoms with Crippen molar-refractivity contribution in [3.05, 3.63) is 35.6 Å². The van der Waals surface area contributed by atoms with E-state index >= 15 is 0 Å². The number of quaternary nitrogens is 1. The van der Waals surface area contributed by atoms with Gasteiger partial charge in [-0.15, -0.1) is 0 Å². The highest BCUT2D eigenvalue weighted by Gasteiger charge is 2.53. The number of rotatable bonds is 2. The topological polar surface area (TPSA) is 54.3 Å². The summed E-state index contributed by atoms with van der Waals surface area (Å²) < 4.78 is 19.9. The third-order valence-corrected chi connectivity index (χ3v) is 6.40. The molecule has 1 aromatic rings. The van der Waals surface area contributed by atoms with Gasteiger partial charge in [-0.25, -0.2) is 4.39 Å². The van der Waals surface area contributed by atoms with Crippen molar-refractivity contribution in [2.24, 2.45) is 0 Å². The number of nitrogens with one attached hydrogen (secondary N) is 1. The molecule has 2 saturated heterocycles. The fraction of sp³-hybridized carbons (Fsp3) is 0.619. The zero-order chi connectivity index (χ0) is 19.7. The molecule has 3 fully saturated rings. The first-order valence-electron chi connectivity index (χ1n) is 10.3. The van der Waals surface area contributed by atoms with Gasteiger partial charge in [-0.2, -0.15) is 0 Å². The number of piperazine rings is 1. The Morgan fingerprint density at radius 2 is 1.89 bits per heavy atom. The average molecular weight is 390 g/mol. The van der Waals surface area contributed by atoms with E-state index < -0.39 is 17.6 Å². The molecular weight excluding hydrogens is 361 g/mol. The van der Waals surface area contributed by atoms with Gasteiger partial charge in [0, 0.05) is 5.56 Å². The van der Waals surface area contributed by atoms with Crippen LogP contribution in [0.1, 0.15) is 42.5 Å². The number of hydrogen-bond donors (Lipinski definition) is 1. The Kier molecular flexibility index (Phi) is 5.38. The number of amides is 2. The second-order valence-corrected chi connectivity index (χ2v) is 8.30. The standard InChI is InChI=1S/C21H28FN3O3/c1-23-10-12-24(13-11-23)20(27)18-15-28-21(8-3-2-4-9-21)25(18)19(26)16-6-5-7-17(22)14-16/h5-7,14,18H,2-4,8-13,15H2,1H3/p+1/t18-/m0/s1. The second-order valence-electron chi connectivity index (χ2n) is 8.30. The molecule has 1 aliphatic carbocycles. The lowest BCUT2D eigenvalue weighted by Gasteiger charge is -2.42. The first-order chi connectivity index (χ1) is 13.5. The van der Waals surface area contributed by atoms with Crippen molar-refractivity contribution in [1.29, 1.82) is 0 Å². The molecule has 4 rings (SSSR count). The highest BCUT2D eigenvalue weighted by molar-refractivity contribution is 5.98. The highest BCUT2D eigenvalue weighted by Crippen LogP contribution is 2.41. The van der Waals surface area contributed by atoms with Crippen molar-refractivity contribution in [2.75, 3.05) is 39.8 Å². The maximum Gasteiger partial charge on any atom is 0.256 e. The molecule has 0 bridgehead atoms. The van der Waals surface area contributed by atoms with Gasteiger partial charge in [0.1, 0.15) is 17.6 Å². The molecule has 1 spiro atoms. The number of halogens is 1. The number of likely N-dealkylation sites (N-methyl/N-ethyl adjacent to an activating group) is 1. The Morgan fingerprint density at radius 1 is 1.18 bits per heavy atom. The SMILES string of the molecule is C[NH+]1CCN(C(=O)[C@@H]2COC3(CCCCC3)N2C(=O)c2cccc(F)c2)CC1. The van der Waals surface area contributed by atoms with E-state index in [4.69, 9.17) is 4.74 Å². The molecule has 1 N–H and O–H groups in total. The lowest BCUT2D eigenvalue weighted by molar-refractivity contribution is -0.883. The van der Waals surface area contributed by atoms with Crippen LogP contribution >= 0.6 is 0 Å². The molecule has 1 atom stereocenters. The first kappa shape index (κ1) is 19.3. The van der Waals surface area contributed by atoms with Gasteiger partial charge in [-0.3, -0.25) is 14.5 Å². The summed E-state index contributed by atoms with van der Waals surface area (Å²) >= 11 is 0. The predicted molar refractivity (Wildman–Crippen MR) is 101 cm³/mol. The van der Waals surface area contributed by atoms with Crippen molar-refractivity contribution < 1.29 is 23.6 Å². The molecule has 0 radical (unpaired) electrons. The zero-order valence-electron chi connectivity index (χ0n) is 16.5. The highest BCUT2D eigenvalue weighted by atomic mass is 19.1. The summed E-state index contributed by atoms with van der Waals surface area (Å²) in [7, 11) is 2.12. The van der Waals surface area contributed by atoms with Crippen LogP contribution in [0, 0.1) is 5.82 Å². The maximum absolute atomic E-state index is 13.8. The first-order valence-corrected chi connectivity index (χ1v) is 10.3. The number of carbonyl (C=O) groups excluding carboxylic acids is 2. The lowest BCUT2D eigenvalue weighted by atomic mass is 9.89. The number of nitrogens with zero attached hydrogens (tertiary/aromatic N) is 2. The molecule has 1 saturated carbocycles. The Balaban J connectivity index is 1.63. The largest absolute Gasteiger partial charge is 0.353 e. The molecule has 6 nitrogen and oxygen atoms in total. The Morgan fingerprint density at radius 3 is 2.57 bits per heavy atom. The van der Waals surface area contributed by atoms with Crippen LogP contribution in [0.4, 0.5) is 4.39 Å². The average Bonchev–Trinajstić information content (AvgIpc) is 3.06. The van der Waals surface area contributed by atoms with Crippen molar-refractivity contribution in [1.82, 2.24) is 9.80 Å². The monoisotopic (exact) mass is 390 g/mol. The van der Waals surface area contributed by atoms with Gasteiger partial charge in [0.05, 0.1) is 39.8 Å². The summed E-state index contributed by atoms with van der Waals surface area (Å²) in [4.78, 5) is 31.7. The van der Waals surface area contributed by atoms with Crippen molar-refractivity contribution >= 4 is 11.8 Å². The molecule has 3 aliphatic rings. The number of hydrogen-bond acceptors (Lipinski definition) is 3. The molecule has 2 heterocycles. The quantitative estimate of drug-likeness (QED) is 0.808. The minimum atomic E-state index is -0.736. The smallest absolute Gasteiger partial charge is 0.256 e. The van der Waals surface area contributed by atoms with E-state index in [1.54, 1.807) is 11.0 Å². The van der Waals surface area contributed by atoms with Gasteiger partial charge < -0.3 is 14.5 Å². The summed E-state index contributed by atoms with van der Waals surface area (Å²) in [6.45, 7) is 3.41. The fourth-order valence-electron chi connectivity index (χ4n) is 4.74. The summed E-state index contributed by atoms with van der Waals surface area (Å²) in [6.07, 6.45) is 4.49. The molecule has 1 aromatic carbocycles.